The molecule has 0 amide bonds. The third kappa shape index (κ3) is 3.27. The van der Waals surface area contributed by atoms with Crippen molar-refractivity contribution < 1.29 is 33.3 Å². The monoisotopic (exact) mass is 219 g/mol. The van der Waals surface area contributed by atoms with Crippen molar-refractivity contribution in [2.45, 2.75) is 6.92 Å². The smallest absolute Gasteiger partial charge is 0.295 e. The fraction of sp³-hybridized carbons (Fsp3) is 0.143. The molecule has 0 N–H and O–H groups in total. The van der Waals surface area contributed by atoms with Gasteiger partial charge in [-0.3, -0.25) is 4.79 Å². The molecular weight excluding hydrogens is 214 g/mol. The Labute approximate surface area is 81.5 Å². The number of hydrogen-bond acceptors (Lipinski definition) is 6. The predicted octanol–water partition coefficient (Wildman–Crippen LogP) is -2.44. The number of ketones is 1. The molecule has 0 aliphatic carbocycles. The lowest BCUT2D eigenvalue weighted by molar-refractivity contribution is -1.91. The second-order valence-corrected chi connectivity index (χ2v) is 3.30. The Bertz CT molecular complexity index is 348. The fourth-order valence-electron chi connectivity index (χ4n) is 0.767. The largest absolute Gasteiger partial charge is 0.381 e. The topological polar surface area (TPSA) is 108 Å². The van der Waals surface area contributed by atoms with Crippen molar-refractivity contribution in [3.63, 3.8) is 0 Å². The van der Waals surface area contributed by atoms with Crippen molar-refractivity contribution in [1.82, 2.24) is 4.98 Å². The molecule has 0 fully saturated rings. The number of hydrogen-bond donors (Lipinski definition) is 0. The summed E-state index contributed by atoms with van der Waals surface area (Å²) in [7, 11) is -4.58. The number of carbonyl (C=O) groups is 1. The second-order valence-electron chi connectivity index (χ2n) is 2.39. The summed E-state index contributed by atoms with van der Waals surface area (Å²) in [5, 5.41) is 0. The van der Waals surface area contributed by atoms with Crippen molar-refractivity contribution in [2.75, 3.05) is 0 Å². The maximum atomic E-state index is 10.9. The minimum atomic E-state index is -4.58. The Morgan fingerprint density at radius 3 is 2.64 bits per heavy atom. The predicted molar refractivity (Wildman–Crippen MR) is 34.9 cm³/mol. The molecule has 1 rings (SSSR count). The van der Waals surface area contributed by atoms with Gasteiger partial charge in [0.1, 0.15) is 10.2 Å². The third-order valence-corrected chi connectivity index (χ3v) is 1.66. The summed E-state index contributed by atoms with van der Waals surface area (Å²) in [4.78, 5) is 14.3. The molecule has 6 nitrogen and oxygen atoms in total. The first-order valence-corrected chi connectivity index (χ1v) is 4.69. The quantitative estimate of drug-likeness (QED) is 0.523. The Morgan fingerprint density at radius 2 is 2.14 bits per heavy atom. The molecule has 1 aromatic heterocycles. The van der Waals surface area contributed by atoms with Crippen LogP contribution in [0.4, 0.5) is 0 Å². The molecule has 0 aliphatic heterocycles. The minimum absolute atomic E-state index is 0.217. The van der Waals surface area contributed by atoms with Gasteiger partial charge < -0.3 is 0 Å². The minimum Gasteiger partial charge on any atom is -0.295 e. The lowest BCUT2D eigenvalue weighted by Gasteiger charge is -2.11. The lowest BCUT2D eigenvalue weighted by atomic mass is 10.2. The average molecular weight is 220 g/mol. The molecule has 0 spiro atoms. The molecule has 0 saturated heterocycles. The maximum absolute atomic E-state index is 10.9. The molecule has 7 heteroatoms. The van der Waals surface area contributed by atoms with Crippen LogP contribution in [-0.4, -0.2) is 10.8 Å². The van der Waals surface area contributed by atoms with Crippen LogP contribution in [0.1, 0.15) is 17.3 Å². The van der Waals surface area contributed by atoms with Crippen molar-refractivity contribution in [2.24, 2.45) is 0 Å². The summed E-state index contributed by atoms with van der Waals surface area (Å²) < 4.78 is 34.4. The van der Waals surface area contributed by atoms with E-state index in [0.717, 1.165) is 6.07 Å². The molecule has 0 bridgehead atoms. The highest BCUT2D eigenvalue weighted by Gasteiger charge is 2.21. The number of nitrogens with zero attached hydrogens (tertiary/aromatic N) is 1. The molecular formula is C7H6ClNO5. The Hall–Kier alpha value is -1.21. The lowest BCUT2D eigenvalue weighted by Crippen LogP contribution is -2.63. The fourth-order valence-corrected chi connectivity index (χ4v) is 1.05. The van der Waals surface area contributed by atoms with E-state index < -0.39 is 16.1 Å². The van der Waals surface area contributed by atoms with Crippen LogP contribution in [0.5, 0.6) is 5.88 Å². The first-order chi connectivity index (χ1) is 6.38. The maximum Gasteiger partial charge on any atom is 0.381 e. The van der Waals surface area contributed by atoms with Crippen LogP contribution < -0.4 is 18.3 Å². The highest BCUT2D eigenvalue weighted by Crippen LogP contribution is 2.11. The van der Waals surface area contributed by atoms with Gasteiger partial charge in [-0.15, -0.1) is 0 Å². The van der Waals surface area contributed by atoms with Gasteiger partial charge in [0.25, 0.3) is 0 Å². The summed E-state index contributed by atoms with van der Waals surface area (Å²) in [5.41, 5.74) is 0.217. The summed E-state index contributed by atoms with van der Waals surface area (Å²) in [6.45, 7) is 1.29. The van der Waals surface area contributed by atoms with Crippen LogP contribution >= 0.6 is 0 Å². The van der Waals surface area contributed by atoms with Gasteiger partial charge >= 0.3 is 5.88 Å². The second kappa shape index (κ2) is 3.89. The third-order valence-electron chi connectivity index (χ3n) is 1.31. The molecule has 76 valence electrons. The first kappa shape index (κ1) is 10.9. The number of aromatic nitrogens is 1. The van der Waals surface area contributed by atoms with Crippen LogP contribution in [0.25, 0.3) is 0 Å². The van der Waals surface area contributed by atoms with Crippen LogP contribution in [0.15, 0.2) is 18.3 Å². The van der Waals surface area contributed by atoms with Crippen LogP contribution in [0.3, 0.4) is 0 Å². The molecule has 0 aromatic carbocycles. The normalized spacial score (nSPS) is 11.1. The standard InChI is InChI=1S/C7H6ClNO5/c1-5(10)6-2-3-9-7(4-6)14-8(11,12)13/h2-4H,1H3. The molecule has 0 atom stereocenters. The molecule has 0 aliphatic rings. The molecule has 1 aromatic rings. The van der Waals surface area contributed by atoms with Crippen molar-refractivity contribution >= 4 is 5.78 Å². The summed E-state index contributed by atoms with van der Waals surface area (Å²) in [5.74, 6) is -0.702. The van der Waals surface area contributed by atoms with E-state index in [4.69, 9.17) is 0 Å². The van der Waals surface area contributed by atoms with E-state index >= 15 is 0 Å². The van der Waals surface area contributed by atoms with E-state index in [-0.39, 0.29) is 11.3 Å². The molecule has 14 heavy (non-hydrogen) atoms. The van der Waals surface area contributed by atoms with Crippen LogP contribution in [0, 0.1) is 10.2 Å². The van der Waals surface area contributed by atoms with Gasteiger partial charge in [0.2, 0.25) is 0 Å². The van der Waals surface area contributed by atoms with E-state index in [0.29, 0.717) is 0 Å². The van der Waals surface area contributed by atoms with Gasteiger partial charge in [-0.1, -0.05) is 0 Å². The van der Waals surface area contributed by atoms with Gasteiger partial charge in [0.05, 0.1) is 0 Å². The first-order valence-electron chi connectivity index (χ1n) is 3.46. The number of pyridine rings is 1. The SMILES string of the molecule is CC(=O)c1ccnc(O[Cl+3]([O-])([O-])[O-])c1. The van der Waals surface area contributed by atoms with E-state index in [9.17, 15) is 18.8 Å². The highest BCUT2D eigenvalue weighted by molar-refractivity contribution is 5.94. The van der Waals surface area contributed by atoms with E-state index in [2.05, 4.69) is 9.27 Å². The highest BCUT2D eigenvalue weighted by atomic mass is 35.7. The van der Waals surface area contributed by atoms with Gasteiger partial charge in [0.15, 0.2) is 5.78 Å². The summed E-state index contributed by atoms with van der Waals surface area (Å²) >= 11 is 0. The van der Waals surface area contributed by atoms with Crippen LogP contribution in [-0.2, 0) is 0 Å². The van der Waals surface area contributed by atoms with Gasteiger partial charge in [-0.2, -0.15) is 14.0 Å². The number of halogens is 1. The van der Waals surface area contributed by atoms with Crippen molar-refractivity contribution in [1.29, 1.82) is 0 Å². The zero-order valence-electron chi connectivity index (χ0n) is 7.10. The van der Waals surface area contributed by atoms with Gasteiger partial charge in [-0.25, -0.2) is 4.98 Å². The Morgan fingerprint density at radius 1 is 1.50 bits per heavy atom. The zero-order valence-corrected chi connectivity index (χ0v) is 7.85. The molecule has 0 radical (unpaired) electrons. The summed E-state index contributed by atoms with van der Waals surface area (Å²) in [6.07, 6.45) is 1.17. The van der Waals surface area contributed by atoms with Gasteiger partial charge in [0, 0.05) is 17.8 Å². The number of rotatable bonds is 3. The molecule has 0 unspecified atom stereocenters. The van der Waals surface area contributed by atoms with Crippen molar-refractivity contribution in [3.05, 3.63) is 23.9 Å². The Balaban J connectivity index is 2.89. The Kier molecular flexibility index (Phi) is 3.02. The van der Waals surface area contributed by atoms with E-state index in [1.54, 1.807) is 0 Å². The van der Waals surface area contributed by atoms with Gasteiger partial charge in [-0.05, 0) is 17.3 Å². The molecule has 0 saturated carbocycles. The average Bonchev–Trinajstić information content (AvgIpc) is 2.01. The summed E-state index contributed by atoms with van der Waals surface area (Å²) in [6, 6.07) is 2.45. The van der Waals surface area contributed by atoms with Crippen molar-refractivity contribution in [3.8, 4) is 5.88 Å². The zero-order chi connectivity index (χ0) is 10.8. The van der Waals surface area contributed by atoms with E-state index in [1.165, 1.54) is 19.2 Å². The number of carbonyl (C=O) groups excluding carboxylic acids is 1. The number of Topliss-reactive ketones (excluding diaryl/α,β-unsaturated/α-hetero) is 1. The van der Waals surface area contributed by atoms with E-state index in [1.807, 2.05) is 0 Å². The van der Waals surface area contributed by atoms with Crippen LogP contribution in [0.2, 0.25) is 0 Å². The molecule has 1 heterocycles.